The van der Waals surface area contributed by atoms with E-state index in [1.54, 1.807) is 6.33 Å². The first-order chi connectivity index (χ1) is 8.24. The summed E-state index contributed by atoms with van der Waals surface area (Å²) in [5.41, 5.74) is 2.50. The smallest absolute Gasteiger partial charge is 0.123 e. The Labute approximate surface area is 110 Å². The maximum absolute atomic E-state index is 9.03. The van der Waals surface area contributed by atoms with Crippen LogP contribution < -0.4 is 5.48 Å². The lowest BCUT2D eigenvalue weighted by atomic mass is 10.0. The third kappa shape index (κ3) is 4.89. The van der Waals surface area contributed by atoms with Gasteiger partial charge in [-0.3, -0.25) is 0 Å². The number of hydroxylamine groups is 1. The summed E-state index contributed by atoms with van der Waals surface area (Å²) in [7, 11) is -1.02. The van der Waals surface area contributed by atoms with E-state index in [4.69, 9.17) is 9.94 Å². The summed E-state index contributed by atoms with van der Waals surface area (Å²) in [5, 5.41) is 9.03. The van der Waals surface area contributed by atoms with Crippen LogP contribution in [0.15, 0.2) is 12.5 Å². The summed E-state index contributed by atoms with van der Waals surface area (Å²) < 4.78 is 7.52. The third-order valence-electron chi connectivity index (χ3n) is 2.79. The summed E-state index contributed by atoms with van der Waals surface area (Å²) in [6, 6.07) is 1.16. The largest absolute Gasteiger partial charge is 0.361 e. The summed E-state index contributed by atoms with van der Waals surface area (Å²) in [5.74, 6) is 0. The van der Waals surface area contributed by atoms with Crippen molar-refractivity contribution in [3.8, 4) is 0 Å². The Bertz CT molecular complexity index is 372. The summed E-state index contributed by atoms with van der Waals surface area (Å²) in [4.78, 5) is 4.26. The molecule has 0 unspecified atom stereocenters. The number of rotatable bonds is 7. The van der Waals surface area contributed by atoms with E-state index in [1.807, 2.05) is 24.6 Å². The molecule has 0 aromatic carbocycles. The van der Waals surface area contributed by atoms with Gasteiger partial charge in [-0.25, -0.2) is 4.98 Å². The molecule has 0 aliphatic rings. The van der Waals surface area contributed by atoms with E-state index < -0.39 is 13.6 Å². The van der Waals surface area contributed by atoms with Crippen molar-refractivity contribution in [3.05, 3.63) is 18.2 Å². The normalized spacial score (nSPS) is 13.0. The van der Waals surface area contributed by atoms with Gasteiger partial charge in [0.05, 0.1) is 17.6 Å². The van der Waals surface area contributed by atoms with Crippen LogP contribution in [-0.4, -0.2) is 29.4 Å². The van der Waals surface area contributed by atoms with Gasteiger partial charge >= 0.3 is 0 Å². The SMILES string of the molecule is CC(C)(NO)c1cn(COCC[Si](C)(C)C)cn1. The van der Waals surface area contributed by atoms with Crippen LogP contribution in [0.2, 0.25) is 25.7 Å². The summed E-state index contributed by atoms with van der Waals surface area (Å²) in [6.07, 6.45) is 3.61. The Hall–Kier alpha value is -0.693. The first-order valence-electron chi connectivity index (χ1n) is 6.26. The fourth-order valence-electron chi connectivity index (χ4n) is 1.36. The molecule has 1 rings (SSSR count). The molecule has 1 heterocycles. The van der Waals surface area contributed by atoms with Crippen LogP contribution in [0.4, 0.5) is 0 Å². The second kappa shape index (κ2) is 5.97. The van der Waals surface area contributed by atoms with Gasteiger partial charge in [-0.15, -0.1) is 0 Å². The van der Waals surface area contributed by atoms with Gasteiger partial charge in [0.25, 0.3) is 0 Å². The predicted octanol–water partition coefficient (Wildman–Crippen LogP) is 2.41. The van der Waals surface area contributed by atoms with Crippen LogP contribution >= 0.6 is 0 Å². The molecule has 0 amide bonds. The molecule has 1 aromatic rings. The molecule has 0 aliphatic heterocycles. The minimum absolute atomic E-state index is 0.513. The molecule has 104 valence electrons. The standard InChI is InChI=1S/C12H25N3O2Si/c1-12(2,14-16)11-8-15(9-13-11)10-17-6-7-18(3,4)5/h8-9,14,16H,6-7,10H2,1-5H3. The molecule has 0 atom stereocenters. The molecule has 0 spiro atoms. The van der Waals surface area contributed by atoms with Crippen molar-refractivity contribution in [2.24, 2.45) is 0 Å². The summed E-state index contributed by atoms with van der Waals surface area (Å²) in [6.45, 7) is 12.0. The maximum atomic E-state index is 9.03. The zero-order valence-corrected chi connectivity index (χ0v) is 13.0. The minimum atomic E-state index is -1.02. The van der Waals surface area contributed by atoms with Crippen LogP contribution in [0.25, 0.3) is 0 Å². The molecule has 0 saturated carbocycles. The molecule has 1 aromatic heterocycles. The van der Waals surface area contributed by atoms with E-state index in [0.717, 1.165) is 18.3 Å². The van der Waals surface area contributed by atoms with E-state index >= 15 is 0 Å². The second-order valence-corrected chi connectivity index (χ2v) is 12.0. The fourth-order valence-corrected chi connectivity index (χ4v) is 2.12. The fraction of sp³-hybridized carbons (Fsp3) is 0.750. The monoisotopic (exact) mass is 271 g/mol. The zero-order chi connectivity index (χ0) is 13.8. The van der Waals surface area contributed by atoms with Gasteiger partial charge < -0.3 is 14.5 Å². The number of ether oxygens (including phenoxy) is 1. The second-order valence-electron chi connectivity index (χ2n) is 6.36. The van der Waals surface area contributed by atoms with Crippen molar-refractivity contribution in [3.63, 3.8) is 0 Å². The number of aromatic nitrogens is 2. The van der Waals surface area contributed by atoms with Gasteiger partial charge in [0.2, 0.25) is 0 Å². The maximum Gasteiger partial charge on any atom is 0.123 e. The number of hydrogen-bond acceptors (Lipinski definition) is 4. The van der Waals surface area contributed by atoms with Gasteiger partial charge in [0, 0.05) is 20.9 Å². The van der Waals surface area contributed by atoms with Crippen LogP contribution in [0.1, 0.15) is 19.5 Å². The van der Waals surface area contributed by atoms with Crippen LogP contribution in [0.3, 0.4) is 0 Å². The molecule has 0 bridgehead atoms. The highest BCUT2D eigenvalue weighted by molar-refractivity contribution is 6.76. The van der Waals surface area contributed by atoms with Gasteiger partial charge in [-0.1, -0.05) is 19.6 Å². The topological polar surface area (TPSA) is 59.3 Å². The molecule has 0 fully saturated rings. The summed E-state index contributed by atoms with van der Waals surface area (Å²) >= 11 is 0. The van der Waals surface area contributed by atoms with Gasteiger partial charge in [0.1, 0.15) is 6.73 Å². The Morgan fingerprint density at radius 2 is 2.11 bits per heavy atom. The minimum Gasteiger partial charge on any atom is -0.361 e. The number of nitrogens with zero attached hydrogens (tertiary/aromatic N) is 2. The first-order valence-corrected chi connectivity index (χ1v) is 9.96. The molecule has 18 heavy (non-hydrogen) atoms. The quantitative estimate of drug-likeness (QED) is 0.454. The van der Waals surface area contributed by atoms with Crippen molar-refractivity contribution >= 4 is 8.07 Å². The van der Waals surface area contributed by atoms with Crippen LogP contribution in [-0.2, 0) is 17.0 Å². The van der Waals surface area contributed by atoms with Crippen molar-refractivity contribution < 1.29 is 9.94 Å². The third-order valence-corrected chi connectivity index (χ3v) is 4.49. The van der Waals surface area contributed by atoms with E-state index in [1.165, 1.54) is 0 Å². The number of hydrogen-bond donors (Lipinski definition) is 2. The van der Waals surface area contributed by atoms with Gasteiger partial charge in [-0.05, 0) is 19.9 Å². The Balaban J connectivity index is 2.41. The average Bonchev–Trinajstić information content (AvgIpc) is 2.72. The number of nitrogens with one attached hydrogen (secondary N) is 1. The molecular formula is C12H25N3O2Si. The Kier molecular flexibility index (Phi) is 5.09. The lowest BCUT2D eigenvalue weighted by Gasteiger charge is -2.19. The van der Waals surface area contributed by atoms with Crippen molar-refractivity contribution in [2.45, 2.75) is 51.8 Å². The van der Waals surface area contributed by atoms with Gasteiger partial charge in [0.15, 0.2) is 0 Å². The van der Waals surface area contributed by atoms with Crippen LogP contribution in [0.5, 0.6) is 0 Å². The predicted molar refractivity (Wildman–Crippen MR) is 74.3 cm³/mol. The van der Waals surface area contributed by atoms with Crippen LogP contribution in [0, 0.1) is 0 Å². The van der Waals surface area contributed by atoms with E-state index in [-0.39, 0.29) is 0 Å². The molecule has 2 N–H and O–H groups in total. The molecule has 5 nitrogen and oxygen atoms in total. The highest BCUT2D eigenvalue weighted by Crippen LogP contribution is 2.16. The van der Waals surface area contributed by atoms with Gasteiger partial charge in [-0.2, -0.15) is 5.48 Å². The first kappa shape index (κ1) is 15.4. The molecule has 0 aliphatic carbocycles. The Morgan fingerprint density at radius 3 is 2.67 bits per heavy atom. The lowest BCUT2D eigenvalue weighted by molar-refractivity contribution is 0.0768. The highest BCUT2D eigenvalue weighted by atomic mass is 28.3. The van der Waals surface area contributed by atoms with E-state index in [2.05, 4.69) is 30.1 Å². The van der Waals surface area contributed by atoms with E-state index in [9.17, 15) is 0 Å². The zero-order valence-electron chi connectivity index (χ0n) is 12.0. The Morgan fingerprint density at radius 1 is 1.44 bits per heavy atom. The number of imidazole rings is 1. The van der Waals surface area contributed by atoms with Crippen molar-refractivity contribution in [1.29, 1.82) is 0 Å². The molecule has 0 saturated heterocycles. The molecular weight excluding hydrogens is 246 g/mol. The highest BCUT2D eigenvalue weighted by Gasteiger charge is 2.21. The lowest BCUT2D eigenvalue weighted by Crippen LogP contribution is -2.34. The van der Waals surface area contributed by atoms with Crippen molar-refractivity contribution in [2.75, 3.05) is 6.61 Å². The van der Waals surface area contributed by atoms with Crippen molar-refractivity contribution in [1.82, 2.24) is 15.0 Å². The molecule has 0 radical (unpaired) electrons. The average molecular weight is 271 g/mol. The molecule has 6 heteroatoms. The van der Waals surface area contributed by atoms with E-state index in [0.29, 0.717) is 6.73 Å².